The van der Waals surface area contributed by atoms with Crippen LogP contribution in [-0.2, 0) is 11.3 Å². The van der Waals surface area contributed by atoms with Gasteiger partial charge >= 0.3 is 11.4 Å². The number of hydrogen-bond donors (Lipinski definition) is 2. The number of imidazole rings is 2. The fraction of sp³-hybridized carbons (Fsp3) is 0.0625. The SMILES string of the molecule is O=c1n2c(nc3nc4ccccc4n13)NC1(c3ccccc3)n3c(nc4nc5ccccc5n4c3=O)NC21c1ccccc1. The molecule has 2 aliphatic rings. The highest BCUT2D eigenvalue weighted by Gasteiger charge is 2.69. The number of rotatable bonds is 2. The van der Waals surface area contributed by atoms with Gasteiger partial charge in [-0.15, -0.1) is 0 Å². The van der Waals surface area contributed by atoms with E-state index in [2.05, 4.69) is 20.6 Å². The van der Waals surface area contributed by atoms with Crippen LogP contribution in [0, 0.1) is 0 Å². The van der Waals surface area contributed by atoms with Gasteiger partial charge in [0.15, 0.2) is 11.3 Å². The van der Waals surface area contributed by atoms with Crippen LogP contribution in [0.5, 0.6) is 0 Å². The van der Waals surface area contributed by atoms with Crippen LogP contribution in [-0.4, -0.2) is 37.9 Å². The third-order valence-electron chi connectivity index (χ3n) is 8.85. The molecule has 2 unspecified atom stereocenters. The lowest BCUT2D eigenvalue weighted by molar-refractivity contribution is 0.249. The summed E-state index contributed by atoms with van der Waals surface area (Å²) < 4.78 is 6.19. The average Bonchev–Trinajstić information content (AvgIpc) is 3.77. The van der Waals surface area contributed by atoms with Crippen molar-refractivity contribution in [3.63, 3.8) is 0 Å². The monoisotopic (exact) mass is 576 g/mol. The lowest BCUT2D eigenvalue weighted by Gasteiger charge is -2.40. The molecular weight excluding hydrogens is 556 g/mol. The molecular formula is C32H20N10O2. The van der Waals surface area contributed by atoms with Gasteiger partial charge in [0.2, 0.25) is 23.5 Å². The van der Waals surface area contributed by atoms with Gasteiger partial charge in [-0.05, 0) is 24.3 Å². The molecule has 0 aliphatic carbocycles. The van der Waals surface area contributed by atoms with Gasteiger partial charge in [0.05, 0.1) is 22.1 Å². The Kier molecular flexibility index (Phi) is 4.10. The van der Waals surface area contributed by atoms with Gasteiger partial charge < -0.3 is 10.6 Å². The lowest BCUT2D eigenvalue weighted by atomic mass is 9.82. The smallest absolute Gasteiger partial charge is 0.324 e. The topological polar surface area (TPSA) is 128 Å². The summed E-state index contributed by atoms with van der Waals surface area (Å²) in [5.41, 5.74) is 0.388. The Morgan fingerprint density at radius 2 is 0.864 bits per heavy atom. The molecule has 0 amide bonds. The minimum atomic E-state index is -1.43. The van der Waals surface area contributed by atoms with Crippen molar-refractivity contribution in [2.45, 2.75) is 11.3 Å². The normalized spacial score (nSPS) is 20.1. The zero-order valence-corrected chi connectivity index (χ0v) is 22.8. The van der Waals surface area contributed by atoms with E-state index >= 15 is 0 Å². The molecule has 0 bridgehead atoms. The molecule has 6 heterocycles. The molecule has 44 heavy (non-hydrogen) atoms. The zero-order valence-electron chi connectivity index (χ0n) is 22.8. The highest BCUT2D eigenvalue weighted by Crippen LogP contribution is 2.55. The lowest BCUT2D eigenvalue weighted by Crippen LogP contribution is -2.60. The number of fused-ring (bicyclic) bond motifs is 11. The van der Waals surface area contributed by atoms with Crippen LogP contribution in [0.3, 0.4) is 0 Å². The molecule has 12 nitrogen and oxygen atoms in total. The standard InChI is InChI=1S/C32H20N10O2/c43-29-39-23-17-9-7-15-21(23)34-26(39)36-28-38-32(20-13-5-2-6-14-20)31(41(28)29,19-11-3-1-4-12-19)37-27-35-25-33-22-16-8-10-18-24(22)40(25)30(44)42(27)32/h1-18H,(H,33,35,37)(H,34,36,38). The van der Waals surface area contributed by atoms with E-state index in [1.165, 1.54) is 8.80 Å². The Labute approximate surface area is 246 Å². The molecule has 8 aromatic rings. The number of aromatic nitrogens is 8. The molecule has 4 aromatic carbocycles. The van der Waals surface area contributed by atoms with E-state index in [4.69, 9.17) is 9.97 Å². The number of nitrogens with one attached hydrogen (secondary N) is 2. The second-order valence-corrected chi connectivity index (χ2v) is 11.0. The van der Waals surface area contributed by atoms with Crippen molar-refractivity contribution in [2.24, 2.45) is 0 Å². The number of para-hydroxylation sites is 4. The second-order valence-electron chi connectivity index (χ2n) is 11.0. The summed E-state index contributed by atoms with van der Waals surface area (Å²) in [5.74, 6) is 1.02. The van der Waals surface area contributed by atoms with Crippen LogP contribution >= 0.6 is 0 Å². The number of nitrogens with zero attached hydrogens (tertiary/aromatic N) is 8. The molecule has 2 N–H and O–H groups in total. The van der Waals surface area contributed by atoms with Gasteiger partial charge in [-0.1, -0.05) is 84.9 Å². The Hall–Kier alpha value is -6.30. The summed E-state index contributed by atoms with van der Waals surface area (Å²) in [6, 6.07) is 34.0. The summed E-state index contributed by atoms with van der Waals surface area (Å²) in [6.07, 6.45) is 0. The molecule has 0 radical (unpaired) electrons. The Morgan fingerprint density at radius 1 is 0.477 bits per heavy atom. The van der Waals surface area contributed by atoms with Crippen LogP contribution in [0.15, 0.2) is 119 Å². The molecule has 2 aliphatic heterocycles. The van der Waals surface area contributed by atoms with E-state index in [-0.39, 0.29) is 34.8 Å². The van der Waals surface area contributed by atoms with Gasteiger partial charge in [-0.2, -0.15) is 9.97 Å². The molecule has 10 rings (SSSR count). The van der Waals surface area contributed by atoms with Crippen LogP contribution in [0.4, 0.5) is 11.9 Å². The van der Waals surface area contributed by atoms with Gasteiger partial charge in [-0.3, -0.25) is 0 Å². The van der Waals surface area contributed by atoms with Crippen LogP contribution in [0.1, 0.15) is 11.1 Å². The molecule has 0 saturated heterocycles. The maximum absolute atomic E-state index is 14.8. The predicted molar refractivity (Wildman–Crippen MR) is 164 cm³/mol. The molecule has 210 valence electrons. The second kappa shape index (κ2) is 7.75. The maximum atomic E-state index is 14.8. The molecule has 12 heteroatoms. The largest absolute Gasteiger partial charge is 0.340 e. The van der Waals surface area contributed by atoms with Gasteiger partial charge in [0, 0.05) is 11.1 Å². The zero-order chi connectivity index (χ0) is 29.2. The minimum absolute atomic E-state index is 0.253. The molecule has 2 atom stereocenters. The predicted octanol–water partition coefficient (Wildman–Crippen LogP) is 3.36. The first-order chi connectivity index (χ1) is 21.6. The number of anilines is 2. The number of benzene rings is 4. The summed E-state index contributed by atoms with van der Waals surface area (Å²) in [7, 11) is 0. The third-order valence-corrected chi connectivity index (χ3v) is 8.85. The van der Waals surface area contributed by atoms with Gasteiger partial charge in [0.25, 0.3) is 0 Å². The summed E-state index contributed by atoms with van der Waals surface area (Å²) >= 11 is 0. The Bertz CT molecular complexity index is 2440. The van der Waals surface area contributed by atoms with E-state index in [0.29, 0.717) is 22.1 Å². The fourth-order valence-corrected chi connectivity index (χ4v) is 7.12. The summed E-state index contributed by atoms with van der Waals surface area (Å²) in [6.45, 7) is 0. The van der Waals surface area contributed by atoms with E-state index in [1.54, 1.807) is 9.13 Å². The highest BCUT2D eigenvalue weighted by molar-refractivity contribution is 5.81. The minimum Gasteiger partial charge on any atom is -0.324 e. The molecule has 0 spiro atoms. The highest BCUT2D eigenvalue weighted by atomic mass is 16.2. The molecule has 4 aromatic heterocycles. The van der Waals surface area contributed by atoms with E-state index in [0.717, 1.165) is 11.1 Å². The molecule has 0 fully saturated rings. The fourth-order valence-electron chi connectivity index (χ4n) is 7.12. The van der Waals surface area contributed by atoms with Crippen LogP contribution < -0.4 is 22.0 Å². The van der Waals surface area contributed by atoms with Crippen molar-refractivity contribution in [1.82, 2.24) is 37.9 Å². The number of hydrogen-bond acceptors (Lipinski definition) is 8. The first-order valence-corrected chi connectivity index (χ1v) is 14.1. The van der Waals surface area contributed by atoms with Crippen molar-refractivity contribution >= 4 is 45.5 Å². The average molecular weight is 577 g/mol. The Balaban J connectivity index is 1.42. The van der Waals surface area contributed by atoms with Crippen molar-refractivity contribution in [2.75, 3.05) is 10.6 Å². The third kappa shape index (κ3) is 2.52. The summed E-state index contributed by atoms with van der Waals surface area (Å²) in [5, 5.41) is 7.14. The van der Waals surface area contributed by atoms with E-state index < -0.39 is 11.3 Å². The quantitative estimate of drug-likeness (QED) is 0.321. The molecule has 0 saturated carbocycles. The van der Waals surface area contributed by atoms with Crippen molar-refractivity contribution in [3.05, 3.63) is 141 Å². The van der Waals surface area contributed by atoms with Crippen molar-refractivity contribution in [1.29, 1.82) is 0 Å². The Morgan fingerprint density at radius 3 is 1.30 bits per heavy atom. The maximum Gasteiger partial charge on any atom is 0.340 e. The first-order valence-electron chi connectivity index (χ1n) is 14.1. The summed E-state index contributed by atoms with van der Waals surface area (Å²) in [4.78, 5) is 48.7. The van der Waals surface area contributed by atoms with E-state index in [9.17, 15) is 9.59 Å². The van der Waals surface area contributed by atoms with Gasteiger partial charge in [0.1, 0.15) is 0 Å². The van der Waals surface area contributed by atoms with Crippen LogP contribution in [0.25, 0.3) is 33.6 Å². The van der Waals surface area contributed by atoms with Crippen molar-refractivity contribution < 1.29 is 0 Å². The van der Waals surface area contributed by atoms with Gasteiger partial charge in [-0.25, -0.2) is 37.5 Å². The first kappa shape index (κ1) is 23.3. The van der Waals surface area contributed by atoms with Crippen LogP contribution in [0.2, 0.25) is 0 Å². The van der Waals surface area contributed by atoms with E-state index in [1.807, 2.05) is 109 Å². The van der Waals surface area contributed by atoms with Crippen molar-refractivity contribution in [3.8, 4) is 0 Å².